The minimum absolute atomic E-state index is 0.112. The third-order valence-corrected chi connectivity index (χ3v) is 3.78. The van der Waals surface area contributed by atoms with Crippen LogP contribution < -0.4 is 0 Å². The van der Waals surface area contributed by atoms with Crippen LogP contribution in [0.4, 0.5) is 0 Å². The number of carbonyl (C=O) groups excluding carboxylic acids is 1. The zero-order chi connectivity index (χ0) is 15.7. The Morgan fingerprint density at radius 1 is 1.14 bits per heavy atom. The van der Waals surface area contributed by atoms with Gasteiger partial charge in [-0.1, -0.05) is 44.8 Å². The van der Waals surface area contributed by atoms with E-state index in [9.17, 15) is 20.1 Å². The number of ether oxygens (including phenoxy) is 1. The van der Waals surface area contributed by atoms with Gasteiger partial charge in [-0.3, -0.25) is 4.79 Å². The highest BCUT2D eigenvalue weighted by atomic mass is 16.6. The average molecular weight is 300 g/mol. The van der Waals surface area contributed by atoms with Gasteiger partial charge in [-0.05, 0) is 19.3 Å². The molecule has 1 rings (SSSR count). The van der Waals surface area contributed by atoms with E-state index in [1.54, 1.807) is 0 Å². The van der Waals surface area contributed by atoms with Gasteiger partial charge < -0.3 is 20.1 Å². The molecule has 122 valence electrons. The van der Waals surface area contributed by atoms with Crippen molar-refractivity contribution in [3.8, 4) is 0 Å². The van der Waals surface area contributed by atoms with Gasteiger partial charge in [-0.15, -0.1) is 0 Å². The molecule has 0 aromatic heterocycles. The molecule has 0 aromatic rings. The Kier molecular flexibility index (Phi) is 8.57. The van der Waals surface area contributed by atoms with E-state index in [-0.39, 0.29) is 12.8 Å². The van der Waals surface area contributed by atoms with Crippen molar-refractivity contribution in [2.45, 2.75) is 82.7 Å². The monoisotopic (exact) mass is 300 g/mol. The number of carbonyl (C=O) groups is 1. The Hall–Kier alpha value is -0.910. The van der Waals surface area contributed by atoms with Crippen LogP contribution in [0.15, 0.2) is 12.2 Å². The normalized spacial score (nSPS) is 32.5. The van der Waals surface area contributed by atoms with Crippen molar-refractivity contribution < 1.29 is 24.9 Å². The number of cyclic esters (lactones) is 1. The number of esters is 1. The Balaban J connectivity index is 2.56. The van der Waals surface area contributed by atoms with Crippen molar-refractivity contribution in [2.75, 3.05) is 0 Å². The molecule has 0 fully saturated rings. The van der Waals surface area contributed by atoms with Gasteiger partial charge >= 0.3 is 5.97 Å². The Labute approximate surface area is 126 Å². The van der Waals surface area contributed by atoms with E-state index in [1.807, 2.05) is 0 Å². The predicted molar refractivity (Wildman–Crippen MR) is 79.7 cm³/mol. The van der Waals surface area contributed by atoms with Crippen LogP contribution in [0, 0.1) is 0 Å². The third-order valence-electron chi connectivity index (χ3n) is 3.78. The van der Waals surface area contributed by atoms with Gasteiger partial charge in [0.05, 0.1) is 6.10 Å². The molecule has 1 heterocycles. The first-order valence-corrected chi connectivity index (χ1v) is 7.96. The van der Waals surface area contributed by atoms with Crippen molar-refractivity contribution >= 4 is 5.97 Å². The fourth-order valence-corrected chi connectivity index (χ4v) is 2.41. The summed E-state index contributed by atoms with van der Waals surface area (Å²) in [5.41, 5.74) is 0. The molecule has 1 aliphatic heterocycles. The van der Waals surface area contributed by atoms with Crippen molar-refractivity contribution in [1.29, 1.82) is 0 Å². The number of hydrogen-bond donors (Lipinski definition) is 3. The lowest BCUT2D eigenvalue weighted by atomic mass is 9.99. The van der Waals surface area contributed by atoms with Gasteiger partial charge in [0.15, 0.2) is 0 Å². The van der Waals surface area contributed by atoms with Gasteiger partial charge in [0.25, 0.3) is 0 Å². The summed E-state index contributed by atoms with van der Waals surface area (Å²) in [6, 6.07) is 0. The van der Waals surface area contributed by atoms with Crippen molar-refractivity contribution in [3.05, 3.63) is 12.2 Å². The van der Waals surface area contributed by atoms with Crippen molar-refractivity contribution in [1.82, 2.24) is 0 Å². The first-order valence-electron chi connectivity index (χ1n) is 7.96. The number of unbranched alkanes of at least 4 members (excludes halogenated alkanes) is 4. The van der Waals surface area contributed by atoms with E-state index in [0.717, 1.165) is 25.7 Å². The summed E-state index contributed by atoms with van der Waals surface area (Å²) in [6.07, 6.45) is 5.29. The lowest BCUT2D eigenvalue weighted by Gasteiger charge is -2.26. The summed E-state index contributed by atoms with van der Waals surface area (Å²) in [7, 11) is 0. The van der Waals surface area contributed by atoms with Crippen LogP contribution in [0.1, 0.15) is 58.3 Å². The van der Waals surface area contributed by atoms with Crippen molar-refractivity contribution in [2.24, 2.45) is 0 Å². The molecule has 1 aliphatic rings. The van der Waals surface area contributed by atoms with E-state index in [4.69, 9.17) is 4.74 Å². The average Bonchev–Trinajstić information content (AvgIpc) is 2.47. The van der Waals surface area contributed by atoms with Crippen LogP contribution in [0.3, 0.4) is 0 Å². The van der Waals surface area contributed by atoms with Crippen LogP contribution in [-0.2, 0) is 9.53 Å². The largest absolute Gasteiger partial charge is 0.459 e. The molecule has 0 unspecified atom stereocenters. The smallest absolute Gasteiger partial charge is 0.306 e. The number of rotatable bonds is 6. The highest BCUT2D eigenvalue weighted by Gasteiger charge is 2.29. The zero-order valence-electron chi connectivity index (χ0n) is 12.8. The molecule has 0 radical (unpaired) electrons. The topological polar surface area (TPSA) is 87.0 Å². The lowest BCUT2D eigenvalue weighted by Crippen LogP contribution is -2.40. The fourth-order valence-electron chi connectivity index (χ4n) is 2.41. The Morgan fingerprint density at radius 3 is 2.57 bits per heavy atom. The zero-order valence-corrected chi connectivity index (χ0v) is 12.8. The molecule has 0 saturated carbocycles. The van der Waals surface area contributed by atoms with Crippen molar-refractivity contribution in [3.63, 3.8) is 0 Å². The maximum atomic E-state index is 11.7. The summed E-state index contributed by atoms with van der Waals surface area (Å²) in [5.74, 6) is -0.436. The molecule has 0 aromatic carbocycles. The molecule has 21 heavy (non-hydrogen) atoms. The van der Waals surface area contributed by atoms with Crippen LogP contribution in [0.5, 0.6) is 0 Å². The van der Waals surface area contributed by atoms with E-state index >= 15 is 0 Å². The van der Waals surface area contributed by atoms with Gasteiger partial charge in [0.1, 0.15) is 18.3 Å². The highest BCUT2D eigenvalue weighted by Crippen LogP contribution is 2.18. The summed E-state index contributed by atoms with van der Waals surface area (Å²) in [5, 5.41) is 29.5. The molecule has 5 nitrogen and oxygen atoms in total. The molecular formula is C16H28O5. The maximum Gasteiger partial charge on any atom is 0.306 e. The quantitative estimate of drug-likeness (QED) is 0.395. The summed E-state index contributed by atoms with van der Waals surface area (Å²) >= 11 is 0. The predicted octanol–water partition coefficient (Wildman–Crippen LogP) is 1.69. The van der Waals surface area contributed by atoms with Crippen LogP contribution >= 0.6 is 0 Å². The fraction of sp³-hybridized carbons (Fsp3) is 0.812. The van der Waals surface area contributed by atoms with E-state index in [1.165, 1.54) is 18.6 Å². The van der Waals surface area contributed by atoms with Gasteiger partial charge in [-0.2, -0.15) is 0 Å². The second kappa shape index (κ2) is 9.92. The van der Waals surface area contributed by atoms with Crippen LogP contribution in [0.25, 0.3) is 0 Å². The lowest BCUT2D eigenvalue weighted by molar-refractivity contribution is -0.160. The molecule has 4 atom stereocenters. The summed E-state index contributed by atoms with van der Waals surface area (Å²) < 4.78 is 5.27. The molecule has 5 heteroatoms. The molecular weight excluding hydrogens is 272 g/mol. The Morgan fingerprint density at radius 2 is 1.86 bits per heavy atom. The molecule has 3 N–H and O–H groups in total. The summed E-state index contributed by atoms with van der Waals surface area (Å²) in [4.78, 5) is 11.7. The highest BCUT2D eigenvalue weighted by molar-refractivity contribution is 5.69. The third kappa shape index (κ3) is 7.07. The minimum Gasteiger partial charge on any atom is -0.459 e. The molecule has 0 bridgehead atoms. The van der Waals surface area contributed by atoms with Gasteiger partial charge in [0.2, 0.25) is 0 Å². The van der Waals surface area contributed by atoms with Crippen LogP contribution in [0.2, 0.25) is 0 Å². The minimum atomic E-state index is -1.15. The maximum absolute atomic E-state index is 11.7. The van der Waals surface area contributed by atoms with E-state index < -0.39 is 30.4 Å². The summed E-state index contributed by atoms with van der Waals surface area (Å²) in [6.45, 7) is 2.14. The number of hydrogen-bond acceptors (Lipinski definition) is 5. The second-order valence-corrected chi connectivity index (χ2v) is 5.70. The van der Waals surface area contributed by atoms with Gasteiger partial charge in [-0.25, -0.2) is 0 Å². The number of aliphatic hydroxyl groups is 3. The Bertz CT molecular complexity index is 329. The molecule has 0 amide bonds. The van der Waals surface area contributed by atoms with Crippen LogP contribution in [-0.4, -0.2) is 45.7 Å². The first kappa shape index (κ1) is 18.1. The standard InChI is InChI=1S/C16H28O5/c1-2-3-4-5-6-7-14-16(20)13(18)10-8-12(17)9-11-15(19)21-14/h8,10,12-14,16-18,20H,2-7,9,11H2,1H3/b10-8+/t12-,13+,14+,16+/m1/s1. The second-order valence-electron chi connectivity index (χ2n) is 5.70. The molecule has 0 spiro atoms. The molecule has 0 saturated heterocycles. The first-order chi connectivity index (χ1) is 10.0. The van der Waals surface area contributed by atoms with E-state index in [0.29, 0.717) is 6.42 Å². The van der Waals surface area contributed by atoms with Gasteiger partial charge in [0, 0.05) is 6.42 Å². The molecule has 0 aliphatic carbocycles. The SMILES string of the molecule is CCCCCCC[C@@H]1OC(=O)CC[C@H](O)/C=C/[C@H](O)[C@@H]1O. The number of aliphatic hydroxyl groups excluding tert-OH is 3. The van der Waals surface area contributed by atoms with E-state index in [2.05, 4.69) is 6.92 Å².